The standard InChI is InChI=1S/C12H16BrNO3S/c1-9-11(13)5-2-6-12(9)18(16,17)14-7-3-4-10(14)8-15/h2,5-6,10,15H,3-4,7-8H2,1H3/t10-/m1/s1. The third-order valence-electron chi connectivity index (χ3n) is 3.34. The lowest BCUT2D eigenvalue weighted by molar-refractivity contribution is 0.213. The van der Waals surface area contributed by atoms with E-state index in [9.17, 15) is 13.5 Å². The Morgan fingerprint density at radius 2 is 2.22 bits per heavy atom. The second kappa shape index (κ2) is 5.28. The van der Waals surface area contributed by atoms with Gasteiger partial charge in [0, 0.05) is 17.1 Å². The molecule has 100 valence electrons. The summed E-state index contributed by atoms with van der Waals surface area (Å²) in [5, 5.41) is 9.26. The molecule has 0 spiro atoms. The van der Waals surface area contributed by atoms with Crippen molar-refractivity contribution in [3.63, 3.8) is 0 Å². The Morgan fingerprint density at radius 1 is 1.50 bits per heavy atom. The first kappa shape index (κ1) is 14.0. The van der Waals surface area contributed by atoms with Crippen molar-refractivity contribution in [3.05, 3.63) is 28.2 Å². The summed E-state index contributed by atoms with van der Waals surface area (Å²) in [6.45, 7) is 2.15. The van der Waals surface area contributed by atoms with E-state index in [2.05, 4.69) is 15.9 Å². The monoisotopic (exact) mass is 333 g/mol. The zero-order valence-electron chi connectivity index (χ0n) is 10.1. The highest BCUT2D eigenvalue weighted by atomic mass is 79.9. The van der Waals surface area contributed by atoms with E-state index in [-0.39, 0.29) is 12.6 Å². The molecule has 1 heterocycles. The summed E-state index contributed by atoms with van der Waals surface area (Å²) in [5.74, 6) is 0. The first-order valence-electron chi connectivity index (χ1n) is 5.86. The molecule has 6 heteroatoms. The molecule has 0 saturated carbocycles. The van der Waals surface area contributed by atoms with Crippen molar-refractivity contribution in [2.45, 2.75) is 30.7 Å². The smallest absolute Gasteiger partial charge is 0.243 e. The van der Waals surface area contributed by atoms with Crippen molar-refractivity contribution in [3.8, 4) is 0 Å². The minimum atomic E-state index is -3.51. The molecule has 0 amide bonds. The van der Waals surface area contributed by atoms with Gasteiger partial charge in [-0.2, -0.15) is 4.31 Å². The molecule has 1 N–H and O–H groups in total. The van der Waals surface area contributed by atoms with Crippen LogP contribution in [0.3, 0.4) is 0 Å². The number of benzene rings is 1. The summed E-state index contributed by atoms with van der Waals surface area (Å²) in [6, 6.07) is 4.87. The molecule has 0 unspecified atom stereocenters. The predicted molar refractivity (Wildman–Crippen MR) is 72.9 cm³/mol. The van der Waals surface area contributed by atoms with E-state index in [0.29, 0.717) is 17.0 Å². The summed E-state index contributed by atoms with van der Waals surface area (Å²) in [6.07, 6.45) is 1.53. The van der Waals surface area contributed by atoms with Gasteiger partial charge in [-0.1, -0.05) is 22.0 Å². The Balaban J connectivity index is 2.45. The van der Waals surface area contributed by atoms with Crippen LogP contribution in [0.2, 0.25) is 0 Å². The minimum Gasteiger partial charge on any atom is -0.395 e. The largest absolute Gasteiger partial charge is 0.395 e. The van der Waals surface area contributed by atoms with E-state index in [1.54, 1.807) is 19.1 Å². The van der Waals surface area contributed by atoms with Gasteiger partial charge in [0.15, 0.2) is 0 Å². The molecule has 1 aliphatic rings. The third kappa shape index (κ3) is 2.34. The van der Waals surface area contributed by atoms with E-state index >= 15 is 0 Å². The van der Waals surface area contributed by atoms with Crippen molar-refractivity contribution >= 4 is 26.0 Å². The molecule has 1 aliphatic heterocycles. The fourth-order valence-corrected chi connectivity index (χ4v) is 4.73. The molecule has 1 aromatic rings. The van der Waals surface area contributed by atoms with Crippen molar-refractivity contribution in [2.24, 2.45) is 0 Å². The second-order valence-electron chi connectivity index (χ2n) is 4.46. The number of nitrogens with zero attached hydrogens (tertiary/aromatic N) is 1. The zero-order valence-corrected chi connectivity index (χ0v) is 12.5. The lowest BCUT2D eigenvalue weighted by atomic mass is 10.2. The van der Waals surface area contributed by atoms with Crippen molar-refractivity contribution in [1.82, 2.24) is 4.31 Å². The van der Waals surface area contributed by atoms with Gasteiger partial charge in [-0.15, -0.1) is 0 Å². The normalized spacial score (nSPS) is 21.4. The Morgan fingerprint density at radius 3 is 2.89 bits per heavy atom. The van der Waals surface area contributed by atoms with E-state index in [0.717, 1.165) is 17.3 Å². The Labute approximate surface area is 116 Å². The summed E-state index contributed by atoms with van der Waals surface area (Å²) in [5.41, 5.74) is 0.709. The maximum absolute atomic E-state index is 12.6. The SMILES string of the molecule is Cc1c(Br)cccc1S(=O)(=O)N1CCC[C@@H]1CO. The maximum atomic E-state index is 12.6. The lowest BCUT2D eigenvalue weighted by Gasteiger charge is -2.23. The molecule has 0 bridgehead atoms. The average Bonchev–Trinajstić information content (AvgIpc) is 2.81. The number of hydrogen-bond donors (Lipinski definition) is 1. The van der Waals surface area contributed by atoms with E-state index in [1.165, 1.54) is 4.31 Å². The second-order valence-corrected chi connectivity index (χ2v) is 7.17. The van der Waals surface area contributed by atoms with Crippen LogP contribution in [0.4, 0.5) is 0 Å². The van der Waals surface area contributed by atoms with Gasteiger partial charge in [0.05, 0.1) is 11.5 Å². The van der Waals surface area contributed by atoms with Crippen LogP contribution in [0.25, 0.3) is 0 Å². The molecule has 18 heavy (non-hydrogen) atoms. The van der Waals surface area contributed by atoms with Crippen LogP contribution < -0.4 is 0 Å². The van der Waals surface area contributed by atoms with Crippen LogP contribution in [-0.4, -0.2) is 37.0 Å². The summed E-state index contributed by atoms with van der Waals surface area (Å²) < 4.78 is 27.3. The van der Waals surface area contributed by atoms with Crippen LogP contribution in [0.5, 0.6) is 0 Å². The Hall–Kier alpha value is -0.430. The Kier molecular flexibility index (Phi) is 4.11. The van der Waals surface area contributed by atoms with Crippen LogP contribution in [-0.2, 0) is 10.0 Å². The van der Waals surface area contributed by atoms with Gasteiger partial charge in [0.25, 0.3) is 0 Å². The fourth-order valence-electron chi connectivity index (χ4n) is 2.30. The van der Waals surface area contributed by atoms with Gasteiger partial charge in [-0.3, -0.25) is 0 Å². The van der Waals surface area contributed by atoms with Crippen LogP contribution in [0, 0.1) is 6.92 Å². The number of aliphatic hydroxyl groups is 1. The predicted octanol–water partition coefficient (Wildman–Crippen LogP) is 1.90. The molecular formula is C12H16BrNO3S. The molecule has 1 atom stereocenters. The molecule has 1 aromatic carbocycles. The zero-order chi connectivity index (χ0) is 13.3. The van der Waals surface area contributed by atoms with Gasteiger partial charge < -0.3 is 5.11 Å². The average molecular weight is 334 g/mol. The van der Waals surface area contributed by atoms with Crippen LogP contribution >= 0.6 is 15.9 Å². The molecule has 4 nitrogen and oxygen atoms in total. The van der Waals surface area contributed by atoms with Gasteiger partial charge in [0.2, 0.25) is 10.0 Å². The van der Waals surface area contributed by atoms with E-state index in [1.807, 2.05) is 6.07 Å². The third-order valence-corrected chi connectivity index (χ3v) is 6.29. The molecule has 0 aliphatic carbocycles. The van der Waals surface area contributed by atoms with E-state index < -0.39 is 10.0 Å². The maximum Gasteiger partial charge on any atom is 0.243 e. The summed E-state index contributed by atoms with van der Waals surface area (Å²) in [4.78, 5) is 0.317. The van der Waals surface area contributed by atoms with Gasteiger partial charge in [-0.05, 0) is 37.5 Å². The highest BCUT2D eigenvalue weighted by molar-refractivity contribution is 9.10. The minimum absolute atomic E-state index is 0.119. The first-order valence-corrected chi connectivity index (χ1v) is 8.09. The first-order chi connectivity index (χ1) is 8.48. The van der Waals surface area contributed by atoms with Crippen molar-refractivity contribution in [1.29, 1.82) is 0 Å². The van der Waals surface area contributed by atoms with Crippen LogP contribution in [0.15, 0.2) is 27.6 Å². The number of halogens is 1. The van der Waals surface area contributed by atoms with Gasteiger partial charge in [0.1, 0.15) is 0 Å². The summed E-state index contributed by atoms with van der Waals surface area (Å²) >= 11 is 3.35. The molecule has 2 rings (SSSR count). The highest BCUT2D eigenvalue weighted by Crippen LogP contribution is 2.30. The molecule has 0 aromatic heterocycles. The topological polar surface area (TPSA) is 57.6 Å². The fraction of sp³-hybridized carbons (Fsp3) is 0.500. The Bertz CT molecular complexity index is 544. The number of aliphatic hydroxyl groups excluding tert-OH is 1. The van der Waals surface area contributed by atoms with Crippen molar-refractivity contribution in [2.75, 3.05) is 13.2 Å². The number of hydrogen-bond acceptors (Lipinski definition) is 3. The molecule has 1 fully saturated rings. The number of sulfonamides is 1. The van der Waals surface area contributed by atoms with Crippen LogP contribution in [0.1, 0.15) is 18.4 Å². The molecule has 1 saturated heterocycles. The van der Waals surface area contributed by atoms with Crippen molar-refractivity contribution < 1.29 is 13.5 Å². The highest BCUT2D eigenvalue weighted by Gasteiger charge is 2.35. The molecular weight excluding hydrogens is 318 g/mol. The quantitative estimate of drug-likeness (QED) is 0.919. The lowest BCUT2D eigenvalue weighted by Crippen LogP contribution is -2.37. The van der Waals surface area contributed by atoms with Gasteiger partial charge >= 0.3 is 0 Å². The number of rotatable bonds is 3. The molecule has 0 radical (unpaired) electrons. The van der Waals surface area contributed by atoms with E-state index in [4.69, 9.17) is 0 Å². The van der Waals surface area contributed by atoms with Gasteiger partial charge in [-0.25, -0.2) is 8.42 Å². The summed E-state index contributed by atoms with van der Waals surface area (Å²) in [7, 11) is -3.51.